The van der Waals surface area contributed by atoms with Crippen LogP contribution in [-0.4, -0.2) is 24.7 Å². The summed E-state index contributed by atoms with van der Waals surface area (Å²) in [6.45, 7) is 17.0. The van der Waals surface area contributed by atoms with E-state index in [1.54, 1.807) is 0 Å². The molecule has 0 radical (unpaired) electrons. The summed E-state index contributed by atoms with van der Waals surface area (Å²) in [4.78, 5) is 0. The Balaban J connectivity index is 2.24. The van der Waals surface area contributed by atoms with Crippen molar-refractivity contribution in [3.05, 3.63) is 64.7 Å². The summed E-state index contributed by atoms with van der Waals surface area (Å²) in [6.07, 6.45) is 3.61. The summed E-state index contributed by atoms with van der Waals surface area (Å²) < 4.78 is 3.82. The average Bonchev–Trinajstić information content (AvgIpc) is 3.27. The van der Waals surface area contributed by atoms with Gasteiger partial charge in [0.25, 0.3) is 0 Å². The second kappa shape index (κ2) is 7.69. The van der Waals surface area contributed by atoms with Gasteiger partial charge in [0.2, 0.25) is 0 Å². The molecule has 5 heteroatoms. The maximum Gasteiger partial charge on any atom is 0.172 e. The standard InChI is InChI=1S/C24H34N4O/c1-15(2)20-9-11-27(25-20)23(28-12-10-21(26-28)16(3)4)18-13-17(5)14-19(22(18)29)24(6,7)8/h9-16,23,29H,1-8H3. The number of aryl methyl sites for hydroxylation is 1. The Bertz CT molecular complexity index is 942. The van der Waals surface area contributed by atoms with Crippen LogP contribution < -0.4 is 0 Å². The second-order valence-corrected chi connectivity index (χ2v) is 9.62. The van der Waals surface area contributed by atoms with Crippen LogP contribution in [0.1, 0.15) is 94.5 Å². The highest BCUT2D eigenvalue weighted by Gasteiger charge is 2.28. The van der Waals surface area contributed by atoms with Crippen molar-refractivity contribution in [2.75, 3.05) is 0 Å². The molecule has 0 spiro atoms. The van der Waals surface area contributed by atoms with Gasteiger partial charge in [-0.2, -0.15) is 10.2 Å². The summed E-state index contributed by atoms with van der Waals surface area (Å²) in [5.74, 6) is 0.977. The van der Waals surface area contributed by atoms with Gasteiger partial charge in [0.05, 0.1) is 11.4 Å². The van der Waals surface area contributed by atoms with Crippen molar-refractivity contribution in [1.82, 2.24) is 19.6 Å². The zero-order valence-corrected chi connectivity index (χ0v) is 18.9. The SMILES string of the molecule is Cc1cc(C(n2ccc(C(C)C)n2)n2ccc(C(C)C)n2)c(O)c(C(C)(C)C)c1. The molecule has 0 unspecified atom stereocenters. The number of aromatic nitrogens is 4. The van der Waals surface area contributed by atoms with Crippen LogP contribution in [-0.2, 0) is 5.41 Å². The molecule has 2 heterocycles. The van der Waals surface area contributed by atoms with Crippen molar-refractivity contribution in [2.24, 2.45) is 0 Å². The highest BCUT2D eigenvalue weighted by Crippen LogP contribution is 2.38. The first-order chi connectivity index (χ1) is 13.5. The number of phenolic OH excluding ortho intramolecular Hbond substituents is 1. The quantitative estimate of drug-likeness (QED) is 0.601. The van der Waals surface area contributed by atoms with E-state index >= 15 is 0 Å². The van der Waals surface area contributed by atoms with Gasteiger partial charge >= 0.3 is 0 Å². The number of benzene rings is 1. The smallest absolute Gasteiger partial charge is 0.172 e. The lowest BCUT2D eigenvalue weighted by atomic mass is 9.84. The van der Waals surface area contributed by atoms with Gasteiger partial charge < -0.3 is 5.11 Å². The maximum atomic E-state index is 11.3. The highest BCUT2D eigenvalue weighted by molar-refractivity contribution is 5.48. The molecule has 0 fully saturated rings. The Labute approximate surface area is 174 Å². The molecular weight excluding hydrogens is 360 g/mol. The molecule has 29 heavy (non-hydrogen) atoms. The molecule has 0 aliphatic heterocycles. The minimum absolute atomic E-state index is 0.171. The number of hydrogen-bond donors (Lipinski definition) is 1. The van der Waals surface area contributed by atoms with E-state index in [0.29, 0.717) is 17.6 Å². The molecule has 0 bridgehead atoms. The molecule has 0 atom stereocenters. The Hall–Kier alpha value is -2.56. The molecule has 0 saturated carbocycles. The molecule has 0 saturated heterocycles. The lowest BCUT2D eigenvalue weighted by Crippen LogP contribution is -2.23. The predicted molar refractivity (Wildman–Crippen MR) is 118 cm³/mol. The molecule has 0 aliphatic rings. The molecule has 156 valence electrons. The van der Waals surface area contributed by atoms with Crippen LogP contribution in [0.3, 0.4) is 0 Å². The fourth-order valence-electron chi connectivity index (χ4n) is 3.58. The summed E-state index contributed by atoms with van der Waals surface area (Å²) in [6, 6.07) is 8.20. The number of phenols is 1. The second-order valence-electron chi connectivity index (χ2n) is 9.62. The topological polar surface area (TPSA) is 55.9 Å². The lowest BCUT2D eigenvalue weighted by molar-refractivity contribution is 0.379. The molecular formula is C24H34N4O. The van der Waals surface area contributed by atoms with Crippen molar-refractivity contribution in [3.63, 3.8) is 0 Å². The Morgan fingerprint density at radius 1 is 0.862 bits per heavy atom. The minimum Gasteiger partial charge on any atom is -0.507 e. The van der Waals surface area contributed by atoms with Gasteiger partial charge in [-0.3, -0.25) is 0 Å². The van der Waals surface area contributed by atoms with Crippen molar-refractivity contribution >= 4 is 0 Å². The predicted octanol–water partition coefficient (Wildman–Crippen LogP) is 5.73. The van der Waals surface area contributed by atoms with E-state index in [-0.39, 0.29) is 11.6 Å². The van der Waals surface area contributed by atoms with Crippen LogP contribution in [0.2, 0.25) is 0 Å². The lowest BCUT2D eigenvalue weighted by Gasteiger charge is -2.26. The number of rotatable bonds is 5. The van der Waals surface area contributed by atoms with Crippen molar-refractivity contribution in [2.45, 2.75) is 78.8 Å². The normalized spacial score (nSPS) is 12.5. The summed E-state index contributed by atoms with van der Waals surface area (Å²) >= 11 is 0. The fourth-order valence-corrected chi connectivity index (χ4v) is 3.58. The van der Waals surface area contributed by atoms with Gasteiger partial charge in [0, 0.05) is 18.0 Å². The van der Waals surface area contributed by atoms with Crippen LogP contribution in [0.4, 0.5) is 0 Å². The summed E-state index contributed by atoms with van der Waals surface area (Å²) in [7, 11) is 0. The fraction of sp³-hybridized carbons (Fsp3) is 0.500. The van der Waals surface area contributed by atoms with Gasteiger partial charge in [-0.1, -0.05) is 60.1 Å². The van der Waals surface area contributed by atoms with E-state index in [1.807, 2.05) is 40.0 Å². The molecule has 0 aliphatic carbocycles. The van der Waals surface area contributed by atoms with E-state index in [0.717, 1.165) is 28.1 Å². The van der Waals surface area contributed by atoms with Gasteiger partial charge in [-0.05, 0) is 47.9 Å². The van der Waals surface area contributed by atoms with Gasteiger partial charge in [-0.15, -0.1) is 0 Å². The van der Waals surface area contributed by atoms with Gasteiger partial charge in [-0.25, -0.2) is 9.36 Å². The number of nitrogens with zero attached hydrogens (tertiary/aromatic N) is 4. The highest BCUT2D eigenvalue weighted by atomic mass is 16.3. The van der Waals surface area contributed by atoms with E-state index in [9.17, 15) is 5.11 Å². The van der Waals surface area contributed by atoms with Crippen LogP contribution >= 0.6 is 0 Å². The Morgan fingerprint density at radius 3 is 1.72 bits per heavy atom. The summed E-state index contributed by atoms with van der Waals surface area (Å²) in [5.41, 5.74) is 4.73. The molecule has 1 aromatic carbocycles. The van der Waals surface area contributed by atoms with Crippen LogP contribution in [0.5, 0.6) is 5.75 Å². The molecule has 1 N–H and O–H groups in total. The van der Waals surface area contributed by atoms with Crippen molar-refractivity contribution in [3.8, 4) is 5.75 Å². The third-order valence-corrected chi connectivity index (χ3v) is 5.31. The number of aromatic hydroxyl groups is 1. The minimum atomic E-state index is -0.351. The first-order valence-electron chi connectivity index (χ1n) is 10.4. The maximum absolute atomic E-state index is 11.3. The first kappa shape index (κ1) is 21.2. The van der Waals surface area contributed by atoms with Crippen molar-refractivity contribution in [1.29, 1.82) is 0 Å². The largest absolute Gasteiger partial charge is 0.507 e. The van der Waals surface area contributed by atoms with Crippen LogP contribution in [0, 0.1) is 6.92 Å². The van der Waals surface area contributed by atoms with Gasteiger partial charge in [0.15, 0.2) is 6.17 Å². The molecule has 3 rings (SSSR count). The van der Waals surface area contributed by atoms with E-state index in [2.05, 4.69) is 61.5 Å². The summed E-state index contributed by atoms with van der Waals surface area (Å²) in [5, 5.41) is 20.9. The first-order valence-corrected chi connectivity index (χ1v) is 10.4. The van der Waals surface area contributed by atoms with E-state index in [1.165, 1.54) is 0 Å². The third-order valence-electron chi connectivity index (χ3n) is 5.31. The van der Waals surface area contributed by atoms with E-state index < -0.39 is 0 Å². The van der Waals surface area contributed by atoms with E-state index in [4.69, 9.17) is 10.2 Å². The zero-order chi connectivity index (χ0) is 21.5. The van der Waals surface area contributed by atoms with Gasteiger partial charge in [0.1, 0.15) is 5.75 Å². The molecule has 0 amide bonds. The third kappa shape index (κ3) is 4.24. The Morgan fingerprint density at radius 2 is 1.34 bits per heavy atom. The number of hydrogen-bond acceptors (Lipinski definition) is 3. The van der Waals surface area contributed by atoms with Crippen LogP contribution in [0.25, 0.3) is 0 Å². The zero-order valence-electron chi connectivity index (χ0n) is 18.9. The molecule has 3 aromatic rings. The molecule has 5 nitrogen and oxygen atoms in total. The van der Waals surface area contributed by atoms with Crippen LogP contribution in [0.15, 0.2) is 36.7 Å². The monoisotopic (exact) mass is 394 g/mol. The average molecular weight is 395 g/mol. The molecule has 2 aromatic heterocycles. The van der Waals surface area contributed by atoms with Crippen molar-refractivity contribution < 1.29 is 5.11 Å². The Kier molecular flexibility index (Phi) is 5.61.